The first kappa shape index (κ1) is 14.8. The second-order valence-corrected chi connectivity index (χ2v) is 6.88. The van der Waals surface area contributed by atoms with Crippen LogP contribution in [0.4, 0.5) is 5.00 Å². The second-order valence-electron chi connectivity index (χ2n) is 4.05. The first-order valence-corrected chi connectivity index (χ1v) is 8.14. The molecule has 8 heteroatoms. The molecular formula is C12H10ClN3O2S2. The van der Waals surface area contributed by atoms with Crippen molar-refractivity contribution in [3.8, 4) is 6.07 Å². The SMILES string of the molecule is Cc1nsc(NS(=O)(=O)c2cccc(Cl)c2C)c1C#N. The molecule has 1 aromatic heterocycles. The fourth-order valence-electron chi connectivity index (χ4n) is 1.63. The van der Waals surface area contributed by atoms with Crippen LogP contribution >= 0.6 is 23.1 Å². The van der Waals surface area contributed by atoms with Gasteiger partial charge in [-0.15, -0.1) is 0 Å². The van der Waals surface area contributed by atoms with E-state index in [1.807, 2.05) is 6.07 Å². The number of nitrogens with one attached hydrogen (secondary N) is 1. The Kier molecular flexibility index (Phi) is 3.99. The summed E-state index contributed by atoms with van der Waals surface area (Å²) in [5.41, 5.74) is 1.19. The molecule has 1 N–H and O–H groups in total. The van der Waals surface area contributed by atoms with Crippen molar-refractivity contribution in [1.82, 2.24) is 4.37 Å². The average Bonchev–Trinajstić information content (AvgIpc) is 2.72. The summed E-state index contributed by atoms with van der Waals surface area (Å²) in [6.45, 7) is 3.28. The number of benzene rings is 1. The Hall–Kier alpha value is -1.62. The number of aromatic nitrogens is 1. The molecule has 0 aliphatic rings. The molecule has 1 heterocycles. The molecule has 0 fully saturated rings. The van der Waals surface area contributed by atoms with Crippen LogP contribution in [0.3, 0.4) is 0 Å². The van der Waals surface area contributed by atoms with Crippen molar-refractivity contribution in [2.75, 3.05) is 4.72 Å². The summed E-state index contributed by atoms with van der Waals surface area (Å²) < 4.78 is 31.1. The van der Waals surface area contributed by atoms with Gasteiger partial charge in [-0.3, -0.25) is 4.72 Å². The Bertz CT molecular complexity index is 807. The molecule has 0 saturated carbocycles. The summed E-state index contributed by atoms with van der Waals surface area (Å²) in [7, 11) is -3.80. The maximum atomic E-state index is 12.4. The number of nitrogens with zero attached hydrogens (tertiary/aromatic N) is 2. The van der Waals surface area contributed by atoms with Crippen molar-refractivity contribution in [1.29, 1.82) is 5.26 Å². The molecule has 0 atom stereocenters. The minimum absolute atomic E-state index is 0.0833. The Morgan fingerprint density at radius 1 is 1.40 bits per heavy atom. The standard InChI is InChI=1S/C12H10ClN3O2S2/c1-7-10(13)4-3-5-11(7)20(17,18)16-12-9(6-14)8(2)15-19-12/h3-5,16H,1-2H3. The summed E-state index contributed by atoms with van der Waals surface area (Å²) in [5, 5.41) is 9.60. The monoisotopic (exact) mass is 327 g/mol. The molecule has 20 heavy (non-hydrogen) atoms. The molecule has 0 amide bonds. The molecular weight excluding hydrogens is 318 g/mol. The maximum absolute atomic E-state index is 12.4. The first-order chi connectivity index (χ1) is 9.36. The Labute approximate surface area is 126 Å². The summed E-state index contributed by atoms with van der Waals surface area (Å²) in [6.07, 6.45) is 0. The van der Waals surface area contributed by atoms with Crippen molar-refractivity contribution in [2.45, 2.75) is 18.7 Å². The number of nitriles is 1. The van der Waals surface area contributed by atoms with Gasteiger partial charge in [0.15, 0.2) is 0 Å². The molecule has 0 aliphatic heterocycles. The predicted octanol–water partition coefficient (Wildman–Crippen LogP) is 3.09. The van der Waals surface area contributed by atoms with E-state index in [-0.39, 0.29) is 15.5 Å². The van der Waals surface area contributed by atoms with Gasteiger partial charge in [-0.2, -0.15) is 9.64 Å². The molecule has 0 unspecified atom stereocenters. The van der Waals surface area contributed by atoms with Crippen LogP contribution in [0.25, 0.3) is 0 Å². The van der Waals surface area contributed by atoms with Crippen molar-refractivity contribution < 1.29 is 8.42 Å². The lowest BCUT2D eigenvalue weighted by molar-refractivity contribution is 0.600. The van der Waals surface area contributed by atoms with Crippen LogP contribution in [-0.4, -0.2) is 12.8 Å². The molecule has 0 spiro atoms. The van der Waals surface area contributed by atoms with Crippen LogP contribution in [0.5, 0.6) is 0 Å². The molecule has 1 aromatic carbocycles. The Morgan fingerprint density at radius 3 is 2.75 bits per heavy atom. The average molecular weight is 328 g/mol. The molecule has 2 aromatic rings. The summed E-state index contributed by atoms with van der Waals surface area (Å²) in [6, 6.07) is 6.58. The van der Waals surface area contributed by atoms with Gasteiger partial charge in [-0.1, -0.05) is 17.7 Å². The minimum Gasteiger partial charge on any atom is -0.268 e. The van der Waals surface area contributed by atoms with E-state index in [9.17, 15) is 8.42 Å². The Balaban J connectivity index is 2.47. The number of halogens is 1. The third-order valence-electron chi connectivity index (χ3n) is 2.71. The molecule has 2 rings (SSSR count). The van der Waals surface area contributed by atoms with Crippen molar-refractivity contribution in [3.63, 3.8) is 0 Å². The van der Waals surface area contributed by atoms with Crippen molar-refractivity contribution in [2.24, 2.45) is 0 Å². The van der Waals surface area contributed by atoms with E-state index in [4.69, 9.17) is 16.9 Å². The third kappa shape index (κ3) is 2.63. The molecule has 0 bridgehead atoms. The van der Waals surface area contributed by atoms with E-state index in [0.29, 0.717) is 16.3 Å². The molecule has 5 nitrogen and oxygen atoms in total. The van der Waals surface area contributed by atoms with E-state index in [1.54, 1.807) is 26.0 Å². The highest BCUT2D eigenvalue weighted by Crippen LogP contribution is 2.29. The van der Waals surface area contributed by atoms with Gasteiger partial charge in [0.2, 0.25) is 0 Å². The van der Waals surface area contributed by atoms with Crippen molar-refractivity contribution >= 4 is 38.2 Å². The minimum atomic E-state index is -3.80. The Morgan fingerprint density at radius 2 is 2.10 bits per heavy atom. The smallest absolute Gasteiger partial charge is 0.262 e. The van der Waals surface area contributed by atoms with Gasteiger partial charge in [0, 0.05) is 5.02 Å². The van der Waals surface area contributed by atoms with Gasteiger partial charge >= 0.3 is 0 Å². The van der Waals surface area contributed by atoms with Gasteiger partial charge in [0.1, 0.15) is 16.6 Å². The van der Waals surface area contributed by atoms with Crippen LogP contribution in [-0.2, 0) is 10.0 Å². The molecule has 0 radical (unpaired) electrons. The molecule has 104 valence electrons. The fourth-order valence-corrected chi connectivity index (χ4v) is 4.17. The highest BCUT2D eigenvalue weighted by Gasteiger charge is 2.21. The van der Waals surface area contributed by atoms with Crippen LogP contribution in [0.2, 0.25) is 5.02 Å². The normalized spacial score (nSPS) is 11.1. The predicted molar refractivity (Wildman–Crippen MR) is 78.6 cm³/mol. The van der Waals surface area contributed by atoms with Crippen LogP contribution in [0, 0.1) is 25.2 Å². The summed E-state index contributed by atoms with van der Waals surface area (Å²) in [4.78, 5) is 0.0833. The van der Waals surface area contributed by atoms with Gasteiger partial charge in [0.25, 0.3) is 10.0 Å². The number of aryl methyl sites for hydroxylation is 1. The van der Waals surface area contributed by atoms with Crippen LogP contribution in [0.1, 0.15) is 16.8 Å². The molecule has 0 aliphatic carbocycles. The van der Waals surface area contributed by atoms with Crippen molar-refractivity contribution in [3.05, 3.63) is 40.0 Å². The zero-order chi connectivity index (χ0) is 14.9. The van der Waals surface area contributed by atoms with E-state index >= 15 is 0 Å². The van der Waals surface area contributed by atoms with Crippen LogP contribution < -0.4 is 4.72 Å². The van der Waals surface area contributed by atoms with Gasteiger partial charge in [0.05, 0.1) is 10.6 Å². The number of rotatable bonds is 3. The first-order valence-electron chi connectivity index (χ1n) is 5.51. The lowest BCUT2D eigenvalue weighted by atomic mass is 10.2. The second kappa shape index (κ2) is 5.40. The van der Waals surface area contributed by atoms with Crippen LogP contribution in [0.15, 0.2) is 23.1 Å². The fraction of sp³-hybridized carbons (Fsp3) is 0.167. The van der Waals surface area contributed by atoms with E-state index in [2.05, 4.69) is 9.10 Å². The third-order valence-corrected chi connectivity index (χ3v) is 5.60. The van der Waals surface area contributed by atoms with Gasteiger partial charge in [-0.25, -0.2) is 8.42 Å². The van der Waals surface area contributed by atoms with Gasteiger partial charge < -0.3 is 0 Å². The largest absolute Gasteiger partial charge is 0.268 e. The lowest BCUT2D eigenvalue weighted by Gasteiger charge is -2.09. The zero-order valence-electron chi connectivity index (χ0n) is 10.6. The van der Waals surface area contributed by atoms with E-state index in [1.165, 1.54) is 6.07 Å². The summed E-state index contributed by atoms with van der Waals surface area (Å²) in [5.74, 6) is 0. The highest BCUT2D eigenvalue weighted by molar-refractivity contribution is 7.93. The number of hydrogen-bond donors (Lipinski definition) is 1. The molecule has 0 saturated heterocycles. The van der Waals surface area contributed by atoms with E-state index < -0.39 is 10.0 Å². The highest BCUT2D eigenvalue weighted by atomic mass is 35.5. The quantitative estimate of drug-likeness (QED) is 0.939. The topological polar surface area (TPSA) is 82.8 Å². The number of hydrogen-bond acceptors (Lipinski definition) is 5. The zero-order valence-corrected chi connectivity index (χ0v) is 13.0. The number of sulfonamides is 1. The van der Waals surface area contributed by atoms with Gasteiger partial charge in [-0.05, 0) is 43.1 Å². The van der Waals surface area contributed by atoms with E-state index in [0.717, 1.165) is 11.5 Å². The maximum Gasteiger partial charge on any atom is 0.262 e. The summed E-state index contributed by atoms with van der Waals surface area (Å²) >= 11 is 6.87. The lowest BCUT2D eigenvalue weighted by Crippen LogP contribution is -2.14. The number of anilines is 1.